The number of carbonyl (C=O) groups is 1. The van der Waals surface area contributed by atoms with Gasteiger partial charge in [-0.3, -0.25) is 9.69 Å². The number of hydrogen-bond acceptors (Lipinski definition) is 4. The zero-order chi connectivity index (χ0) is 24.3. The third-order valence-electron chi connectivity index (χ3n) is 10.0. The van der Waals surface area contributed by atoms with Crippen molar-refractivity contribution in [2.45, 2.75) is 102 Å². The highest BCUT2D eigenvalue weighted by Gasteiger charge is 2.48. The molecule has 2 saturated carbocycles. The van der Waals surface area contributed by atoms with Crippen LogP contribution in [0.3, 0.4) is 0 Å². The molecule has 6 rings (SSSR count). The van der Waals surface area contributed by atoms with E-state index in [-0.39, 0.29) is 11.7 Å². The van der Waals surface area contributed by atoms with Crippen LogP contribution in [0.4, 0.5) is 0 Å². The van der Waals surface area contributed by atoms with Crippen LogP contribution in [0.25, 0.3) is 11.0 Å². The molecule has 6 heteroatoms. The van der Waals surface area contributed by atoms with Gasteiger partial charge in [-0.05, 0) is 93.6 Å². The lowest BCUT2D eigenvalue weighted by atomic mass is 9.64. The number of aromatic nitrogens is 2. The average molecular weight is 478 g/mol. The number of benzene rings is 1. The predicted molar refractivity (Wildman–Crippen MR) is 137 cm³/mol. The summed E-state index contributed by atoms with van der Waals surface area (Å²) in [6.45, 7) is 4.75. The molecule has 0 radical (unpaired) electrons. The molecular weight excluding hydrogens is 438 g/mol. The van der Waals surface area contributed by atoms with Crippen molar-refractivity contribution < 1.29 is 9.90 Å². The maximum Gasteiger partial charge on any atom is 0.360 e. The first-order valence-electron chi connectivity index (χ1n) is 13.9. The molecule has 2 unspecified atom stereocenters. The Morgan fingerprint density at radius 2 is 1.71 bits per heavy atom. The van der Waals surface area contributed by atoms with Crippen LogP contribution < -0.4 is 5.56 Å². The smallest absolute Gasteiger partial charge is 0.360 e. The molecule has 188 valence electrons. The standard InChI is InChI=1S/C29H39N3O3/c1-3-18-10-19-12-20(11-18)14-22(13-19)31-21-9-8-17(2)26(31)16-23(15-21)32-25-7-5-4-6-24(25)30-27(28(32)33)29(34)35/h4-7,17-23,26H,3,8-16H2,1-2H3,(H,34,35)/t17-,18?,19-,20+,21+,22?,23-,26+/m0/s1. The van der Waals surface area contributed by atoms with E-state index in [1.807, 2.05) is 24.3 Å². The quantitative estimate of drug-likeness (QED) is 0.629. The zero-order valence-corrected chi connectivity index (χ0v) is 21.1. The first-order valence-corrected chi connectivity index (χ1v) is 13.9. The summed E-state index contributed by atoms with van der Waals surface area (Å²) in [6, 6.07) is 9.17. The minimum Gasteiger partial charge on any atom is -0.476 e. The van der Waals surface area contributed by atoms with Crippen LogP contribution in [0.5, 0.6) is 0 Å². The van der Waals surface area contributed by atoms with Crippen LogP contribution in [0.15, 0.2) is 29.1 Å². The van der Waals surface area contributed by atoms with Gasteiger partial charge in [0.05, 0.1) is 11.0 Å². The highest BCUT2D eigenvalue weighted by Crippen LogP contribution is 2.50. The van der Waals surface area contributed by atoms with Gasteiger partial charge < -0.3 is 9.67 Å². The van der Waals surface area contributed by atoms with E-state index >= 15 is 0 Å². The zero-order valence-electron chi connectivity index (χ0n) is 21.1. The van der Waals surface area contributed by atoms with Gasteiger partial charge >= 0.3 is 5.97 Å². The molecule has 2 aromatic rings. The third kappa shape index (κ3) is 4.02. The van der Waals surface area contributed by atoms with Crippen LogP contribution >= 0.6 is 0 Å². The molecule has 1 aromatic heterocycles. The highest BCUT2D eigenvalue weighted by atomic mass is 16.4. The fourth-order valence-corrected chi connectivity index (χ4v) is 8.61. The number of aromatic carboxylic acids is 1. The van der Waals surface area contributed by atoms with Gasteiger partial charge in [0.1, 0.15) is 0 Å². The fourth-order valence-electron chi connectivity index (χ4n) is 8.61. The molecule has 3 heterocycles. The molecule has 8 atom stereocenters. The molecule has 4 fully saturated rings. The Hall–Kier alpha value is -2.21. The lowest BCUT2D eigenvalue weighted by Gasteiger charge is -2.57. The van der Waals surface area contributed by atoms with Crippen molar-refractivity contribution in [2.75, 3.05) is 0 Å². The van der Waals surface area contributed by atoms with Gasteiger partial charge in [-0.2, -0.15) is 0 Å². The average Bonchev–Trinajstić information content (AvgIpc) is 2.84. The Morgan fingerprint density at radius 3 is 2.43 bits per heavy atom. The topological polar surface area (TPSA) is 75.4 Å². The molecule has 35 heavy (non-hydrogen) atoms. The lowest BCUT2D eigenvalue weighted by molar-refractivity contribution is -0.0730. The summed E-state index contributed by atoms with van der Waals surface area (Å²) >= 11 is 0. The second-order valence-corrected chi connectivity index (χ2v) is 12.1. The Labute approximate surface area is 207 Å². The minimum atomic E-state index is -1.24. The van der Waals surface area contributed by atoms with E-state index < -0.39 is 11.5 Å². The van der Waals surface area contributed by atoms with Crippen molar-refractivity contribution in [3.8, 4) is 0 Å². The second-order valence-electron chi connectivity index (χ2n) is 12.1. The summed E-state index contributed by atoms with van der Waals surface area (Å²) < 4.78 is 1.79. The Kier molecular flexibility index (Phi) is 5.98. The molecule has 0 spiro atoms. The summed E-state index contributed by atoms with van der Waals surface area (Å²) in [5.74, 6) is 2.06. The molecule has 2 aliphatic heterocycles. The highest BCUT2D eigenvalue weighted by molar-refractivity contribution is 5.88. The molecule has 2 aliphatic carbocycles. The maximum absolute atomic E-state index is 13.4. The first kappa shape index (κ1) is 23.2. The first-order chi connectivity index (χ1) is 16.9. The largest absolute Gasteiger partial charge is 0.476 e. The van der Waals surface area contributed by atoms with Crippen LogP contribution in [0.2, 0.25) is 0 Å². The minimum absolute atomic E-state index is 0.0232. The van der Waals surface area contributed by atoms with Gasteiger partial charge in [-0.15, -0.1) is 0 Å². The van der Waals surface area contributed by atoms with E-state index in [0.717, 1.165) is 36.1 Å². The van der Waals surface area contributed by atoms with Gasteiger partial charge in [-0.1, -0.05) is 32.4 Å². The van der Waals surface area contributed by atoms with E-state index in [1.165, 1.54) is 51.4 Å². The number of hydrogen-bond donors (Lipinski definition) is 1. The molecule has 0 amide bonds. The van der Waals surface area contributed by atoms with Crippen molar-refractivity contribution in [1.29, 1.82) is 0 Å². The Balaban J connectivity index is 1.33. The number of nitrogens with zero attached hydrogens (tertiary/aromatic N) is 3. The van der Waals surface area contributed by atoms with E-state index in [9.17, 15) is 14.7 Å². The van der Waals surface area contributed by atoms with Crippen molar-refractivity contribution in [2.24, 2.45) is 23.7 Å². The molecular formula is C29H39N3O3. The van der Waals surface area contributed by atoms with Gasteiger partial charge in [0.15, 0.2) is 0 Å². The van der Waals surface area contributed by atoms with Gasteiger partial charge in [0, 0.05) is 24.2 Å². The monoisotopic (exact) mass is 477 g/mol. The molecule has 2 saturated heterocycles. The number of piperidine rings is 2. The van der Waals surface area contributed by atoms with E-state index in [4.69, 9.17) is 0 Å². The van der Waals surface area contributed by atoms with E-state index in [2.05, 4.69) is 23.7 Å². The molecule has 4 bridgehead atoms. The van der Waals surface area contributed by atoms with Crippen molar-refractivity contribution in [1.82, 2.24) is 14.5 Å². The number of para-hydroxylation sites is 2. The van der Waals surface area contributed by atoms with Crippen LogP contribution in [0, 0.1) is 23.7 Å². The van der Waals surface area contributed by atoms with Crippen LogP contribution in [0.1, 0.15) is 94.6 Å². The Bertz CT molecular complexity index is 1160. The SMILES string of the molecule is CCC1C[C@@H]2CC(N3[C@@H]4CC[C@H](C)[C@H]3C[C@@H](n3c(=O)c(C(=O)O)nc5ccccc53)C4)C[C@H](C1)C2. The summed E-state index contributed by atoms with van der Waals surface area (Å²) in [7, 11) is 0. The summed E-state index contributed by atoms with van der Waals surface area (Å²) in [5, 5.41) is 9.69. The van der Waals surface area contributed by atoms with Crippen LogP contribution in [-0.2, 0) is 0 Å². The third-order valence-corrected chi connectivity index (χ3v) is 10.0. The molecule has 4 aliphatic rings. The van der Waals surface area contributed by atoms with Gasteiger partial charge in [-0.25, -0.2) is 9.78 Å². The van der Waals surface area contributed by atoms with Crippen molar-refractivity contribution >= 4 is 17.0 Å². The number of carboxylic acids is 1. The van der Waals surface area contributed by atoms with Crippen molar-refractivity contribution in [3.05, 3.63) is 40.3 Å². The number of fused-ring (bicyclic) bond motifs is 5. The predicted octanol–water partition coefficient (Wildman–Crippen LogP) is 5.50. The summed E-state index contributed by atoms with van der Waals surface area (Å²) in [6.07, 6.45) is 12.6. The summed E-state index contributed by atoms with van der Waals surface area (Å²) in [5.41, 5.74) is 0.563. The van der Waals surface area contributed by atoms with E-state index in [1.54, 1.807) is 4.57 Å². The van der Waals surface area contributed by atoms with Crippen molar-refractivity contribution in [3.63, 3.8) is 0 Å². The molecule has 1 aromatic carbocycles. The molecule has 1 N–H and O–H groups in total. The maximum atomic E-state index is 13.4. The van der Waals surface area contributed by atoms with Crippen LogP contribution in [-0.4, -0.2) is 43.7 Å². The van der Waals surface area contributed by atoms with Gasteiger partial charge in [0.25, 0.3) is 5.56 Å². The number of carboxylic acid groups (broad SMARTS) is 1. The normalized spacial score (nSPS) is 37.3. The molecule has 6 nitrogen and oxygen atoms in total. The Morgan fingerprint density at radius 1 is 0.971 bits per heavy atom. The number of rotatable bonds is 4. The lowest BCUT2D eigenvalue weighted by Crippen LogP contribution is -2.61. The second kappa shape index (κ2) is 9.02. The van der Waals surface area contributed by atoms with Gasteiger partial charge in [0.2, 0.25) is 5.69 Å². The fraction of sp³-hybridized carbons (Fsp3) is 0.690. The van der Waals surface area contributed by atoms with E-state index in [0.29, 0.717) is 29.6 Å². The summed E-state index contributed by atoms with van der Waals surface area (Å²) in [4.78, 5) is 32.4.